The molecule has 2 heterocycles. The molecule has 0 radical (unpaired) electrons. The Kier molecular flexibility index (Phi) is 5.93. The molecule has 0 fully saturated rings. The molecule has 0 unspecified atom stereocenters. The Morgan fingerprint density at radius 1 is 0.725 bits per heavy atom. The number of ketones is 1. The number of fused-ring (bicyclic) bond motifs is 5. The quantitative estimate of drug-likeness (QED) is 0.197. The number of alkyl carbamates (subject to hydrolysis) is 1. The summed E-state index contributed by atoms with van der Waals surface area (Å²) in [7, 11) is 0. The third-order valence-corrected chi connectivity index (χ3v) is 7.91. The van der Waals surface area contributed by atoms with Crippen LogP contribution in [0.15, 0.2) is 109 Å². The number of hydrogen-bond donors (Lipinski definition) is 3. The fourth-order valence-electron chi connectivity index (χ4n) is 5.98. The van der Waals surface area contributed by atoms with E-state index in [2.05, 4.69) is 39.6 Å². The second-order valence-electron chi connectivity index (χ2n) is 10.2. The summed E-state index contributed by atoms with van der Waals surface area (Å²) in [4.78, 5) is 33.6. The molecule has 6 heteroatoms. The highest BCUT2D eigenvalue weighted by Crippen LogP contribution is 2.44. The van der Waals surface area contributed by atoms with Crippen molar-refractivity contribution in [3.63, 3.8) is 0 Å². The molecule has 2 aromatic heterocycles. The van der Waals surface area contributed by atoms with Crippen molar-refractivity contribution in [3.8, 4) is 11.1 Å². The molecule has 0 saturated carbocycles. The van der Waals surface area contributed by atoms with Crippen LogP contribution in [-0.2, 0) is 11.2 Å². The van der Waals surface area contributed by atoms with Gasteiger partial charge in [-0.3, -0.25) is 4.79 Å². The van der Waals surface area contributed by atoms with Crippen molar-refractivity contribution in [2.45, 2.75) is 18.4 Å². The Morgan fingerprint density at radius 2 is 1.30 bits per heavy atom. The number of nitrogens with one attached hydrogen (secondary N) is 3. The smallest absolute Gasteiger partial charge is 0.407 e. The maximum atomic E-state index is 13.9. The van der Waals surface area contributed by atoms with Crippen molar-refractivity contribution in [3.05, 3.63) is 132 Å². The molecule has 1 aliphatic carbocycles. The van der Waals surface area contributed by atoms with Gasteiger partial charge in [0.15, 0.2) is 5.78 Å². The zero-order valence-electron chi connectivity index (χ0n) is 21.7. The van der Waals surface area contributed by atoms with Crippen LogP contribution in [0, 0.1) is 0 Å². The average molecular weight is 526 g/mol. The number of aromatic amines is 2. The van der Waals surface area contributed by atoms with Gasteiger partial charge in [0.25, 0.3) is 0 Å². The van der Waals surface area contributed by atoms with Gasteiger partial charge in [0.2, 0.25) is 0 Å². The van der Waals surface area contributed by atoms with Crippen LogP contribution in [0.2, 0.25) is 0 Å². The minimum atomic E-state index is -0.811. The minimum absolute atomic E-state index is 0.0606. The van der Waals surface area contributed by atoms with Crippen LogP contribution in [0.1, 0.15) is 33.0 Å². The number of hydrogen-bond acceptors (Lipinski definition) is 3. The fourth-order valence-corrected chi connectivity index (χ4v) is 5.98. The molecule has 196 valence electrons. The largest absolute Gasteiger partial charge is 0.449 e. The van der Waals surface area contributed by atoms with Gasteiger partial charge < -0.3 is 20.0 Å². The lowest BCUT2D eigenvalue weighted by molar-refractivity contribution is 0.0921. The molecular weight excluding hydrogens is 498 g/mol. The Hall–Kier alpha value is -5.10. The maximum Gasteiger partial charge on any atom is 0.407 e. The van der Waals surface area contributed by atoms with Crippen LogP contribution < -0.4 is 5.32 Å². The molecule has 3 N–H and O–H groups in total. The zero-order valence-corrected chi connectivity index (χ0v) is 21.7. The number of carbonyl (C=O) groups excluding carboxylic acids is 2. The lowest BCUT2D eigenvalue weighted by Crippen LogP contribution is -2.43. The summed E-state index contributed by atoms with van der Waals surface area (Å²) >= 11 is 0. The van der Waals surface area contributed by atoms with Crippen molar-refractivity contribution >= 4 is 33.7 Å². The third-order valence-electron chi connectivity index (χ3n) is 7.91. The first-order valence-corrected chi connectivity index (χ1v) is 13.4. The predicted molar refractivity (Wildman–Crippen MR) is 157 cm³/mol. The van der Waals surface area contributed by atoms with Gasteiger partial charge in [-0.15, -0.1) is 0 Å². The van der Waals surface area contributed by atoms with E-state index in [9.17, 15) is 9.59 Å². The van der Waals surface area contributed by atoms with E-state index in [-0.39, 0.29) is 18.3 Å². The van der Waals surface area contributed by atoms with Crippen LogP contribution in [0.4, 0.5) is 4.79 Å². The fraction of sp³-hybridized carbons (Fsp3) is 0.118. The molecule has 1 amide bonds. The van der Waals surface area contributed by atoms with Crippen LogP contribution in [0.25, 0.3) is 32.9 Å². The number of amides is 1. The van der Waals surface area contributed by atoms with Crippen molar-refractivity contribution in [2.24, 2.45) is 0 Å². The molecule has 0 spiro atoms. The van der Waals surface area contributed by atoms with Gasteiger partial charge >= 0.3 is 6.09 Å². The Bertz CT molecular complexity index is 1840. The SMILES string of the molecule is O=C(N[C@@H](Cc1c[nH]c2ccccc12)C(=O)c1c[nH]c2ccccc12)OCC1c2ccccc2-c2ccccc21. The summed E-state index contributed by atoms with van der Waals surface area (Å²) in [5.41, 5.74) is 7.96. The van der Waals surface area contributed by atoms with Gasteiger partial charge in [-0.05, 0) is 39.9 Å². The summed E-state index contributed by atoms with van der Waals surface area (Å²) in [6.07, 6.45) is 3.33. The number of carbonyl (C=O) groups is 2. The first-order chi connectivity index (χ1) is 19.7. The van der Waals surface area contributed by atoms with E-state index in [1.807, 2.05) is 79.0 Å². The van der Waals surface area contributed by atoms with Crippen LogP contribution >= 0.6 is 0 Å². The molecule has 40 heavy (non-hydrogen) atoms. The van der Waals surface area contributed by atoms with E-state index >= 15 is 0 Å². The second-order valence-corrected chi connectivity index (χ2v) is 10.2. The number of benzene rings is 4. The highest BCUT2D eigenvalue weighted by molar-refractivity contribution is 6.11. The second kappa shape index (κ2) is 9.89. The van der Waals surface area contributed by atoms with E-state index in [0.29, 0.717) is 12.0 Å². The summed E-state index contributed by atoms with van der Waals surface area (Å²) in [5.74, 6) is -0.231. The maximum absolute atomic E-state index is 13.9. The molecule has 0 bridgehead atoms. The molecule has 4 aromatic carbocycles. The standard InChI is InChI=1S/C34H27N3O3/c38-33(28-19-36-31-16-8-6-14-27(28)31)32(17-21-18-35-30-15-7-5-9-22(21)30)37-34(39)40-20-29-25-12-3-1-10-23(25)24-11-2-4-13-26(24)29/h1-16,18-19,29,32,35-36H,17,20H2,(H,37,39)/t32-/m0/s1. The summed E-state index contributed by atoms with van der Waals surface area (Å²) in [5, 5.41) is 4.75. The molecule has 1 aliphatic rings. The highest BCUT2D eigenvalue weighted by atomic mass is 16.5. The van der Waals surface area contributed by atoms with Crippen molar-refractivity contribution in [1.82, 2.24) is 15.3 Å². The van der Waals surface area contributed by atoms with E-state index in [1.54, 1.807) is 6.20 Å². The lowest BCUT2D eigenvalue weighted by Gasteiger charge is -2.19. The van der Waals surface area contributed by atoms with Crippen molar-refractivity contribution in [2.75, 3.05) is 6.61 Å². The van der Waals surface area contributed by atoms with Crippen LogP contribution in [0.5, 0.6) is 0 Å². The molecule has 6 aromatic rings. The van der Waals surface area contributed by atoms with E-state index in [0.717, 1.165) is 38.5 Å². The van der Waals surface area contributed by atoms with Gasteiger partial charge in [-0.25, -0.2) is 4.79 Å². The number of para-hydroxylation sites is 2. The molecule has 1 atom stereocenters. The predicted octanol–water partition coefficient (Wildman–Crippen LogP) is 6.98. The Morgan fingerprint density at radius 3 is 2.02 bits per heavy atom. The average Bonchev–Trinajstić information content (AvgIpc) is 3.70. The summed E-state index contributed by atoms with van der Waals surface area (Å²) in [6.45, 7) is 0.181. The Balaban J connectivity index is 1.15. The first kappa shape index (κ1) is 24.0. The Labute approximate surface area is 231 Å². The monoisotopic (exact) mass is 525 g/mol. The molecule has 6 nitrogen and oxygen atoms in total. The van der Waals surface area contributed by atoms with Gasteiger partial charge in [0.05, 0.1) is 6.04 Å². The highest BCUT2D eigenvalue weighted by Gasteiger charge is 2.30. The van der Waals surface area contributed by atoms with Crippen molar-refractivity contribution < 1.29 is 14.3 Å². The minimum Gasteiger partial charge on any atom is -0.449 e. The van der Waals surface area contributed by atoms with Crippen LogP contribution in [0.3, 0.4) is 0 Å². The van der Waals surface area contributed by atoms with Crippen LogP contribution in [-0.4, -0.2) is 34.5 Å². The van der Waals surface area contributed by atoms with Gasteiger partial charge in [0, 0.05) is 52.1 Å². The number of ether oxygens (including phenoxy) is 1. The lowest BCUT2D eigenvalue weighted by atomic mass is 9.97. The normalized spacial score (nSPS) is 13.2. The number of rotatable bonds is 7. The van der Waals surface area contributed by atoms with E-state index in [1.165, 1.54) is 11.1 Å². The molecular formula is C34H27N3O3. The molecule has 0 saturated heterocycles. The van der Waals surface area contributed by atoms with E-state index < -0.39 is 12.1 Å². The summed E-state index contributed by atoms with van der Waals surface area (Å²) < 4.78 is 5.81. The first-order valence-electron chi connectivity index (χ1n) is 13.4. The molecule has 0 aliphatic heterocycles. The number of aromatic nitrogens is 2. The van der Waals surface area contributed by atoms with Crippen molar-refractivity contribution in [1.29, 1.82) is 0 Å². The zero-order chi connectivity index (χ0) is 27.1. The van der Waals surface area contributed by atoms with Gasteiger partial charge in [-0.2, -0.15) is 0 Å². The van der Waals surface area contributed by atoms with Gasteiger partial charge in [0.1, 0.15) is 6.61 Å². The van der Waals surface area contributed by atoms with E-state index in [4.69, 9.17) is 4.74 Å². The van der Waals surface area contributed by atoms with Gasteiger partial charge in [-0.1, -0.05) is 84.9 Å². The topological polar surface area (TPSA) is 87.0 Å². The third kappa shape index (κ3) is 4.14. The number of H-pyrrole nitrogens is 2. The number of Topliss-reactive ketones (excluding diaryl/α,β-unsaturated/α-hetero) is 1. The molecule has 7 rings (SSSR count). The summed E-state index contributed by atoms with van der Waals surface area (Å²) in [6, 6.07) is 31.2.